The van der Waals surface area contributed by atoms with Gasteiger partial charge in [0.15, 0.2) is 0 Å². The maximum Gasteiger partial charge on any atom is 0.236 e. The SMILES string of the molecule is CCN(C)C(=O)CNC1CCCC1SC. The Hall–Kier alpha value is -0.220. The van der Waals surface area contributed by atoms with Crippen LogP contribution in [0.15, 0.2) is 0 Å². The van der Waals surface area contributed by atoms with Crippen molar-refractivity contribution >= 4 is 17.7 Å². The van der Waals surface area contributed by atoms with Gasteiger partial charge < -0.3 is 10.2 Å². The highest BCUT2D eigenvalue weighted by Crippen LogP contribution is 2.28. The van der Waals surface area contributed by atoms with Crippen molar-refractivity contribution < 1.29 is 4.79 Å². The Kier molecular flexibility index (Phi) is 5.47. The second-order valence-corrected chi connectivity index (χ2v) is 5.18. The molecule has 0 aromatic carbocycles. The summed E-state index contributed by atoms with van der Waals surface area (Å²) < 4.78 is 0. The minimum Gasteiger partial charge on any atom is -0.345 e. The Balaban J connectivity index is 2.27. The van der Waals surface area contributed by atoms with Gasteiger partial charge in [0.2, 0.25) is 5.91 Å². The monoisotopic (exact) mass is 230 g/mol. The number of nitrogens with zero attached hydrogens (tertiary/aromatic N) is 1. The molecule has 1 aliphatic carbocycles. The third-order valence-corrected chi connectivity index (χ3v) is 4.34. The maximum absolute atomic E-state index is 11.6. The van der Waals surface area contributed by atoms with Crippen LogP contribution in [0, 0.1) is 0 Å². The van der Waals surface area contributed by atoms with Crippen molar-refractivity contribution in [3.8, 4) is 0 Å². The number of carbonyl (C=O) groups excluding carboxylic acids is 1. The standard InChI is InChI=1S/C11H22N2OS/c1-4-13(2)11(14)8-12-9-6-5-7-10(9)15-3/h9-10,12H,4-8H2,1-3H3. The molecule has 1 N–H and O–H groups in total. The predicted octanol–water partition coefficient (Wildman–Crippen LogP) is 1.34. The van der Waals surface area contributed by atoms with E-state index in [9.17, 15) is 4.79 Å². The molecule has 1 fully saturated rings. The second-order valence-electron chi connectivity index (χ2n) is 4.10. The molecule has 1 aliphatic rings. The Morgan fingerprint density at radius 1 is 1.53 bits per heavy atom. The van der Waals surface area contributed by atoms with E-state index in [1.54, 1.807) is 4.90 Å². The van der Waals surface area contributed by atoms with Crippen molar-refractivity contribution in [3.63, 3.8) is 0 Å². The fourth-order valence-corrected chi connectivity index (χ4v) is 2.93. The summed E-state index contributed by atoms with van der Waals surface area (Å²) in [5.41, 5.74) is 0. The summed E-state index contributed by atoms with van der Waals surface area (Å²) in [6.45, 7) is 3.28. The molecule has 0 aromatic heterocycles. The first-order valence-corrected chi connectivity index (χ1v) is 6.98. The van der Waals surface area contributed by atoms with E-state index < -0.39 is 0 Å². The summed E-state index contributed by atoms with van der Waals surface area (Å²) in [7, 11) is 1.85. The van der Waals surface area contributed by atoms with E-state index in [0.29, 0.717) is 17.8 Å². The average molecular weight is 230 g/mol. The van der Waals surface area contributed by atoms with Gasteiger partial charge in [-0.05, 0) is 26.0 Å². The summed E-state index contributed by atoms with van der Waals surface area (Å²) in [6, 6.07) is 0.536. The lowest BCUT2D eigenvalue weighted by Gasteiger charge is -2.21. The summed E-state index contributed by atoms with van der Waals surface area (Å²) in [5.74, 6) is 0.198. The molecule has 1 amide bonds. The highest BCUT2D eigenvalue weighted by molar-refractivity contribution is 7.99. The summed E-state index contributed by atoms with van der Waals surface area (Å²) in [6.07, 6.45) is 5.96. The summed E-state index contributed by atoms with van der Waals surface area (Å²) in [5, 5.41) is 4.08. The zero-order valence-electron chi connectivity index (χ0n) is 9.95. The van der Waals surface area contributed by atoms with E-state index in [1.807, 2.05) is 25.7 Å². The summed E-state index contributed by atoms with van der Waals surface area (Å²) >= 11 is 1.92. The van der Waals surface area contributed by atoms with Gasteiger partial charge in [0.1, 0.15) is 0 Å². The molecule has 2 atom stereocenters. The van der Waals surface area contributed by atoms with Crippen molar-refractivity contribution in [1.82, 2.24) is 10.2 Å². The van der Waals surface area contributed by atoms with Gasteiger partial charge in [0, 0.05) is 24.9 Å². The molecule has 15 heavy (non-hydrogen) atoms. The van der Waals surface area contributed by atoms with Gasteiger partial charge in [-0.1, -0.05) is 6.42 Å². The molecule has 2 unspecified atom stereocenters. The van der Waals surface area contributed by atoms with E-state index in [1.165, 1.54) is 19.3 Å². The topological polar surface area (TPSA) is 32.3 Å². The van der Waals surface area contributed by atoms with E-state index >= 15 is 0 Å². The first-order chi connectivity index (χ1) is 7.19. The zero-order valence-corrected chi connectivity index (χ0v) is 10.8. The second kappa shape index (κ2) is 6.38. The van der Waals surface area contributed by atoms with Crippen LogP contribution >= 0.6 is 11.8 Å². The number of likely N-dealkylation sites (N-methyl/N-ethyl adjacent to an activating group) is 1. The van der Waals surface area contributed by atoms with Gasteiger partial charge >= 0.3 is 0 Å². The largest absolute Gasteiger partial charge is 0.345 e. The highest BCUT2D eigenvalue weighted by atomic mass is 32.2. The van der Waals surface area contributed by atoms with Crippen molar-refractivity contribution in [2.45, 2.75) is 37.5 Å². The van der Waals surface area contributed by atoms with E-state index in [-0.39, 0.29) is 5.91 Å². The van der Waals surface area contributed by atoms with Crippen molar-refractivity contribution in [2.24, 2.45) is 0 Å². The molecule has 0 radical (unpaired) electrons. The van der Waals surface area contributed by atoms with Crippen LogP contribution in [0.5, 0.6) is 0 Å². The molecule has 3 nitrogen and oxygen atoms in total. The highest BCUT2D eigenvalue weighted by Gasteiger charge is 2.26. The van der Waals surface area contributed by atoms with Gasteiger partial charge in [-0.15, -0.1) is 0 Å². The van der Waals surface area contributed by atoms with Crippen LogP contribution in [-0.4, -0.2) is 48.5 Å². The molecule has 88 valence electrons. The normalized spacial score (nSPS) is 25.5. The Morgan fingerprint density at radius 3 is 2.87 bits per heavy atom. The minimum atomic E-state index is 0.198. The van der Waals surface area contributed by atoms with E-state index in [4.69, 9.17) is 0 Å². The van der Waals surface area contributed by atoms with E-state index in [2.05, 4.69) is 11.6 Å². The van der Waals surface area contributed by atoms with Crippen molar-refractivity contribution in [1.29, 1.82) is 0 Å². The molecular weight excluding hydrogens is 208 g/mol. The van der Waals surface area contributed by atoms with Crippen LogP contribution in [0.2, 0.25) is 0 Å². The van der Waals surface area contributed by atoms with Gasteiger partial charge in [0.05, 0.1) is 6.54 Å². The Labute approximate surface area is 97.0 Å². The van der Waals surface area contributed by atoms with Crippen LogP contribution in [-0.2, 0) is 4.79 Å². The lowest BCUT2D eigenvalue weighted by atomic mass is 10.2. The Morgan fingerprint density at radius 2 is 2.27 bits per heavy atom. The fraction of sp³-hybridized carbons (Fsp3) is 0.909. The molecule has 0 aromatic rings. The molecule has 0 heterocycles. The minimum absolute atomic E-state index is 0.198. The lowest BCUT2D eigenvalue weighted by molar-refractivity contribution is -0.128. The quantitative estimate of drug-likeness (QED) is 0.773. The Bertz CT molecular complexity index is 211. The third kappa shape index (κ3) is 3.68. The van der Waals surface area contributed by atoms with Gasteiger partial charge in [-0.25, -0.2) is 0 Å². The molecule has 4 heteroatoms. The number of hydrogen-bond acceptors (Lipinski definition) is 3. The van der Waals surface area contributed by atoms with Gasteiger partial charge in [0.25, 0.3) is 0 Å². The third-order valence-electron chi connectivity index (χ3n) is 3.17. The van der Waals surface area contributed by atoms with Gasteiger partial charge in [-0.3, -0.25) is 4.79 Å². The first-order valence-electron chi connectivity index (χ1n) is 5.69. The van der Waals surface area contributed by atoms with Crippen LogP contribution in [0.4, 0.5) is 0 Å². The van der Waals surface area contributed by atoms with Crippen molar-refractivity contribution in [3.05, 3.63) is 0 Å². The molecular formula is C11H22N2OS. The number of amides is 1. The van der Waals surface area contributed by atoms with E-state index in [0.717, 1.165) is 6.54 Å². The maximum atomic E-state index is 11.6. The van der Waals surface area contributed by atoms with Crippen LogP contribution in [0.3, 0.4) is 0 Å². The molecule has 1 saturated carbocycles. The number of thioether (sulfide) groups is 1. The number of hydrogen-bond donors (Lipinski definition) is 1. The summed E-state index contributed by atoms with van der Waals surface area (Å²) in [4.78, 5) is 13.3. The first kappa shape index (κ1) is 12.8. The fourth-order valence-electron chi connectivity index (χ4n) is 1.97. The number of carbonyl (C=O) groups is 1. The molecule has 0 saturated heterocycles. The molecule has 0 bridgehead atoms. The van der Waals surface area contributed by atoms with Crippen LogP contribution in [0.25, 0.3) is 0 Å². The molecule has 1 rings (SSSR count). The molecule has 0 aliphatic heterocycles. The smallest absolute Gasteiger partial charge is 0.236 e. The zero-order chi connectivity index (χ0) is 11.3. The number of nitrogens with one attached hydrogen (secondary N) is 1. The predicted molar refractivity (Wildman–Crippen MR) is 66.3 cm³/mol. The lowest BCUT2D eigenvalue weighted by Crippen LogP contribution is -2.42. The number of rotatable bonds is 5. The molecule has 0 spiro atoms. The van der Waals surface area contributed by atoms with Crippen LogP contribution < -0.4 is 5.32 Å². The van der Waals surface area contributed by atoms with Crippen molar-refractivity contribution in [2.75, 3.05) is 26.4 Å². The average Bonchev–Trinajstić information content (AvgIpc) is 2.71. The van der Waals surface area contributed by atoms with Crippen LogP contribution in [0.1, 0.15) is 26.2 Å². The van der Waals surface area contributed by atoms with Gasteiger partial charge in [-0.2, -0.15) is 11.8 Å².